The summed E-state index contributed by atoms with van der Waals surface area (Å²) < 4.78 is 81.2. The summed E-state index contributed by atoms with van der Waals surface area (Å²) in [6.07, 6.45) is 0. The molecule has 0 bridgehead atoms. The molecule has 0 N–H and O–H groups in total. The molecule has 3 aromatic heterocycles. The van der Waals surface area contributed by atoms with Crippen molar-refractivity contribution in [3.63, 3.8) is 0 Å². The topological polar surface area (TPSA) is 56.7 Å². The number of fused-ring (bicyclic) bond motifs is 6. The van der Waals surface area contributed by atoms with Gasteiger partial charge in [-0.3, -0.25) is 0 Å². The summed E-state index contributed by atoms with van der Waals surface area (Å²) in [5, 5.41) is 1.81. The van der Waals surface area contributed by atoms with Gasteiger partial charge in [-0.25, -0.2) is 15.0 Å². The maximum absolute atomic E-state index is 9.56. The second kappa shape index (κ2) is 14.7. The van der Waals surface area contributed by atoms with E-state index in [-0.39, 0.29) is 27.6 Å². The quantitative estimate of drug-likeness (QED) is 0.161. The van der Waals surface area contributed by atoms with E-state index in [9.17, 15) is 5.48 Å². The van der Waals surface area contributed by atoms with Crippen LogP contribution in [0.4, 0.5) is 0 Å². The zero-order valence-corrected chi connectivity index (χ0v) is 32.9. The van der Waals surface area contributed by atoms with E-state index in [1.807, 2.05) is 152 Å². The lowest BCUT2D eigenvalue weighted by Gasteiger charge is -2.20. The molecule has 0 radical (unpaired) electrons. The summed E-state index contributed by atoms with van der Waals surface area (Å²) in [5.41, 5.74) is 8.38. The van der Waals surface area contributed by atoms with Gasteiger partial charge in [0.25, 0.3) is 0 Å². The molecule has 12 aromatic rings. The lowest BCUT2D eigenvalue weighted by molar-refractivity contribution is 0.669. The first-order valence-electron chi connectivity index (χ1n) is 24.2. The van der Waals surface area contributed by atoms with Crippen LogP contribution in [-0.4, -0.2) is 19.5 Å². The summed E-state index contributed by atoms with van der Waals surface area (Å²) in [6.45, 7) is 0. The van der Waals surface area contributed by atoms with Gasteiger partial charge in [0.15, 0.2) is 17.5 Å². The van der Waals surface area contributed by atoms with Crippen molar-refractivity contribution >= 4 is 43.7 Å². The zero-order chi connectivity index (χ0) is 47.9. The number of hydrogen-bond donors (Lipinski definition) is 0. The number of aromatic nitrogens is 4. The van der Waals surface area contributed by atoms with Crippen LogP contribution in [0.15, 0.2) is 223 Å². The van der Waals surface area contributed by atoms with Gasteiger partial charge in [0.1, 0.15) is 11.2 Å². The third kappa shape index (κ3) is 6.06. The largest absolute Gasteiger partial charge is 0.456 e. The Morgan fingerprint density at radius 3 is 1.53 bits per heavy atom. The number of para-hydroxylation sites is 4. The molecular formula is C57H36N4O. The van der Waals surface area contributed by atoms with Crippen molar-refractivity contribution in [1.29, 1.82) is 0 Å². The Morgan fingerprint density at radius 2 is 0.871 bits per heavy atom. The lowest BCUT2D eigenvalue weighted by Crippen LogP contribution is -2.05. The van der Waals surface area contributed by atoms with Crippen LogP contribution in [0.25, 0.3) is 117 Å². The Bertz CT molecular complexity index is 3970. The highest BCUT2D eigenvalue weighted by Crippen LogP contribution is 2.43. The molecule has 0 saturated carbocycles. The molecule has 12 rings (SSSR count). The summed E-state index contributed by atoms with van der Waals surface area (Å²) in [6, 6.07) is 51.1. The van der Waals surface area contributed by atoms with Gasteiger partial charge in [-0.05, 0) is 82.4 Å². The van der Waals surface area contributed by atoms with Crippen LogP contribution >= 0.6 is 0 Å². The van der Waals surface area contributed by atoms with Crippen LogP contribution in [0.1, 0.15) is 11.0 Å². The van der Waals surface area contributed by atoms with E-state index in [0.29, 0.717) is 50.7 Å². The van der Waals surface area contributed by atoms with Crippen molar-refractivity contribution in [1.82, 2.24) is 19.5 Å². The molecule has 0 amide bonds. The number of hydrogen-bond acceptors (Lipinski definition) is 4. The monoisotopic (exact) mass is 800 g/mol. The number of nitrogens with zero attached hydrogens (tertiary/aromatic N) is 4. The van der Waals surface area contributed by atoms with Crippen molar-refractivity contribution < 1.29 is 15.4 Å². The number of rotatable bonds is 7. The molecule has 5 heteroatoms. The summed E-state index contributed by atoms with van der Waals surface area (Å²) >= 11 is 0. The molecule has 0 spiro atoms. The van der Waals surface area contributed by atoms with Crippen molar-refractivity contribution in [3.05, 3.63) is 218 Å². The molecule has 290 valence electrons. The first kappa shape index (κ1) is 28.1. The maximum Gasteiger partial charge on any atom is 0.166 e. The normalized spacial score (nSPS) is 13.4. The Balaban J connectivity index is 1.24. The van der Waals surface area contributed by atoms with E-state index in [0.717, 1.165) is 38.6 Å². The van der Waals surface area contributed by atoms with Crippen molar-refractivity contribution in [2.75, 3.05) is 0 Å². The van der Waals surface area contributed by atoms with Gasteiger partial charge in [0.05, 0.1) is 27.7 Å². The standard InChI is InChI=1S/C57H36N4O/c1-4-17-37(18-5-1)41-33-42(38-19-6-2-7-20-38)35-43(34-41)44-26-16-27-49(54(44)61-50-28-13-10-23-45(50)46-24-11-14-29-51(46)61)57-59-55(39-21-8-3-9-22-39)58-56(60-57)40-31-32-48-47-25-12-15-30-52(47)62-53(48)36-40/h1-36H/i10D,11D,13D,14D,23D,24D,28D,29D. The fourth-order valence-electron chi connectivity index (χ4n) is 8.43. The summed E-state index contributed by atoms with van der Waals surface area (Å²) in [5.74, 6) is 0.876. The molecule has 0 aliphatic heterocycles. The van der Waals surface area contributed by atoms with Crippen LogP contribution in [-0.2, 0) is 0 Å². The molecule has 9 aromatic carbocycles. The molecule has 0 aliphatic rings. The molecular weight excluding hydrogens is 757 g/mol. The van der Waals surface area contributed by atoms with Gasteiger partial charge in [0.2, 0.25) is 0 Å². The first-order valence-corrected chi connectivity index (χ1v) is 20.2. The van der Waals surface area contributed by atoms with E-state index in [1.165, 1.54) is 0 Å². The number of benzene rings is 9. The van der Waals surface area contributed by atoms with Crippen molar-refractivity contribution in [2.24, 2.45) is 0 Å². The van der Waals surface area contributed by atoms with Gasteiger partial charge in [-0.15, -0.1) is 0 Å². The second-order valence-electron chi connectivity index (χ2n) is 15.0. The Labute approximate surface area is 369 Å². The summed E-state index contributed by atoms with van der Waals surface area (Å²) in [4.78, 5) is 15.4. The van der Waals surface area contributed by atoms with Gasteiger partial charge in [-0.1, -0.05) is 164 Å². The van der Waals surface area contributed by atoms with Crippen LogP contribution in [0.2, 0.25) is 0 Å². The Hall–Kier alpha value is -8.41. The Kier molecular flexibility index (Phi) is 6.67. The molecule has 0 fully saturated rings. The van der Waals surface area contributed by atoms with Gasteiger partial charge in [0, 0.05) is 43.8 Å². The predicted molar refractivity (Wildman–Crippen MR) is 254 cm³/mol. The Morgan fingerprint density at radius 1 is 0.355 bits per heavy atom. The fraction of sp³-hybridized carbons (Fsp3) is 0. The van der Waals surface area contributed by atoms with Crippen LogP contribution in [0, 0.1) is 0 Å². The van der Waals surface area contributed by atoms with E-state index in [1.54, 1.807) is 4.57 Å². The zero-order valence-electron chi connectivity index (χ0n) is 40.9. The summed E-state index contributed by atoms with van der Waals surface area (Å²) in [7, 11) is 0. The second-order valence-corrected chi connectivity index (χ2v) is 15.0. The minimum absolute atomic E-state index is 0.0305. The fourth-order valence-corrected chi connectivity index (χ4v) is 8.43. The molecule has 5 nitrogen and oxygen atoms in total. The average molecular weight is 801 g/mol. The SMILES string of the molecule is [2H]c1c([2H])c([2H])c2c(c1[2H])c1c([2H])c([2H])c([2H])c([2H])c1n2-c1c(-c2cc(-c3ccccc3)cc(-c3ccccc3)c2)cccc1-c1nc(-c2ccccc2)nc(-c2ccc3c(c2)oc2ccccc23)n1. The third-order valence-electron chi connectivity index (χ3n) is 11.3. The molecule has 0 saturated heterocycles. The number of furan rings is 1. The van der Waals surface area contributed by atoms with Crippen molar-refractivity contribution in [3.8, 4) is 73.2 Å². The van der Waals surface area contributed by atoms with E-state index in [4.69, 9.17) is 24.9 Å². The van der Waals surface area contributed by atoms with Crippen LogP contribution < -0.4 is 0 Å². The van der Waals surface area contributed by atoms with E-state index in [2.05, 4.69) is 18.2 Å². The smallest absolute Gasteiger partial charge is 0.166 e. The van der Waals surface area contributed by atoms with Crippen LogP contribution in [0.3, 0.4) is 0 Å². The molecule has 0 atom stereocenters. The molecule has 0 aliphatic carbocycles. The van der Waals surface area contributed by atoms with Gasteiger partial charge >= 0.3 is 0 Å². The predicted octanol–water partition coefficient (Wildman–Crippen LogP) is 14.9. The molecule has 3 heterocycles. The highest BCUT2D eigenvalue weighted by atomic mass is 16.3. The lowest BCUT2D eigenvalue weighted by atomic mass is 9.91. The molecule has 0 unspecified atom stereocenters. The van der Waals surface area contributed by atoms with Crippen LogP contribution in [0.5, 0.6) is 0 Å². The third-order valence-corrected chi connectivity index (χ3v) is 11.3. The van der Waals surface area contributed by atoms with E-state index >= 15 is 0 Å². The highest BCUT2D eigenvalue weighted by molar-refractivity contribution is 6.11. The average Bonchev–Trinajstić information content (AvgIpc) is 3.97. The van der Waals surface area contributed by atoms with Gasteiger partial charge in [-0.2, -0.15) is 0 Å². The van der Waals surface area contributed by atoms with E-state index < -0.39 is 48.3 Å². The van der Waals surface area contributed by atoms with Gasteiger partial charge < -0.3 is 8.98 Å². The molecule has 62 heavy (non-hydrogen) atoms. The highest BCUT2D eigenvalue weighted by Gasteiger charge is 2.23. The first-order chi connectivity index (χ1) is 34.0. The minimum atomic E-state index is -0.531. The van der Waals surface area contributed by atoms with Crippen molar-refractivity contribution in [2.45, 2.75) is 0 Å². The maximum atomic E-state index is 9.56. The minimum Gasteiger partial charge on any atom is -0.456 e.